The fourth-order valence-electron chi connectivity index (χ4n) is 3.83. The second-order valence-electron chi connectivity index (χ2n) is 6.80. The van der Waals surface area contributed by atoms with E-state index in [9.17, 15) is 9.18 Å². The maximum atomic E-state index is 13.0. The number of carbonyl (C=O) groups excluding carboxylic acids is 1. The van der Waals surface area contributed by atoms with E-state index in [0.29, 0.717) is 12.5 Å². The lowest BCUT2D eigenvalue weighted by Gasteiger charge is -2.33. The number of hydrogen-bond acceptors (Lipinski definition) is 2. The number of nitrogens with zero attached hydrogens (tertiary/aromatic N) is 1. The maximum absolute atomic E-state index is 13.0. The number of halogens is 1. The van der Waals surface area contributed by atoms with E-state index in [0.717, 1.165) is 36.3 Å². The Morgan fingerprint density at radius 2 is 2.00 bits per heavy atom. The zero-order valence-electron chi connectivity index (χ0n) is 13.6. The monoisotopic (exact) mass is 324 g/mol. The predicted octanol–water partition coefficient (Wildman–Crippen LogP) is 3.45. The molecule has 0 saturated carbocycles. The zero-order valence-corrected chi connectivity index (χ0v) is 13.6. The van der Waals surface area contributed by atoms with Gasteiger partial charge in [0.05, 0.1) is 0 Å². The molecule has 0 bridgehead atoms. The van der Waals surface area contributed by atoms with E-state index >= 15 is 0 Å². The molecular formula is C20H21FN2O. The summed E-state index contributed by atoms with van der Waals surface area (Å²) in [5, 5.41) is 2.88. The van der Waals surface area contributed by atoms with E-state index in [1.54, 1.807) is 0 Å². The molecule has 0 aromatic heterocycles. The van der Waals surface area contributed by atoms with E-state index in [-0.39, 0.29) is 11.7 Å². The summed E-state index contributed by atoms with van der Waals surface area (Å²) in [6.07, 6.45) is 2.35. The van der Waals surface area contributed by atoms with Crippen LogP contribution in [0.4, 0.5) is 4.39 Å². The van der Waals surface area contributed by atoms with Gasteiger partial charge in [-0.3, -0.25) is 9.69 Å². The lowest BCUT2D eigenvalue weighted by Crippen LogP contribution is -2.33. The third-order valence-electron chi connectivity index (χ3n) is 5.11. The summed E-state index contributed by atoms with van der Waals surface area (Å²) in [6.45, 7) is 3.60. The minimum atomic E-state index is -0.184. The highest BCUT2D eigenvalue weighted by Gasteiger charge is 2.24. The van der Waals surface area contributed by atoms with Crippen LogP contribution in [0.2, 0.25) is 0 Å². The molecule has 2 aromatic carbocycles. The molecule has 4 rings (SSSR count). The molecule has 124 valence electrons. The normalized spacial score (nSPS) is 20.7. The van der Waals surface area contributed by atoms with Crippen molar-refractivity contribution in [3.05, 3.63) is 70.5 Å². The topological polar surface area (TPSA) is 32.3 Å². The van der Waals surface area contributed by atoms with Crippen molar-refractivity contribution in [1.29, 1.82) is 0 Å². The first-order valence-corrected chi connectivity index (χ1v) is 8.57. The molecule has 24 heavy (non-hydrogen) atoms. The lowest BCUT2D eigenvalue weighted by atomic mass is 9.88. The highest BCUT2D eigenvalue weighted by atomic mass is 19.1. The standard InChI is InChI=1S/C20H21FN2O/c21-18-6-3-14(4-7-18)12-23-9-1-2-16(13-23)15-5-8-19-17(10-15)11-22-20(19)24/h3-8,10,16H,1-2,9,11-13H2,(H,22,24). The Labute approximate surface area is 141 Å². The first-order chi connectivity index (χ1) is 11.7. The van der Waals surface area contributed by atoms with Crippen LogP contribution >= 0.6 is 0 Å². The van der Waals surface area contributed by atoms with Gasteiger partial charge in [-0.05, 0) is 60.2 Å². The molecule has 2 aromatic rings. The Balaban J connectivity index is 1.47. The average Bonchev–Trinajstić information content (AvgIpc) is 2.98. The summed E-state index contributed by atoms with van der Waals surface area (Å²) in [4.78, 5) is 14.1. The summed E-state index contributed by atoms with van der Waals surface area (Å²) in [5.41, 5.74) is 4.42. The Bertz CT molecular complexity index is 757. The van der Waals surface area contributed by atoms with E-state index in [4.69, 9.17) is 0 Å². The first-order valence-electron chi connectivity index (χ1n) is 8.57. The minimum Gasteiger partial charge on any atom is -0.348 e. The quantitative estimate of drug-likeness (QED) is 0.938. The number of amides is 1. The van der Waals surface area contributed by atoms with Crippen molar-refractivity contribution < 1.29 is 9.18 Å². The number of likely N-dealkylation sites (tertiary alicyclic amines) is 1. The van der Waals surface area contributed by atoms with E-state index < -0.39 is 0 Å². The van der Waals surface area contributed by atoms with Gasteiger partial charge in [-0.25, -0.2) is 4.39 Å². The maximum Gasteiger partial charge on any atom is 0.251 e. The molecule has 0 aliphatic carbocycles. The summed E-state index contributed by atoms with van der Waals surface area (Å²) < 4.78 is 13.0. The lowest BCUT2D eigenvalue weighted by molar-refractivity contribution is 0.0965. The Morgan fingerprint density at radius 3 is 2.83 bits per heavy atom. The largest absolute Gasteiger partial charge is 0.348 e. The average molecular weight is 324 g/mol. The van der Waals surface area contributed by atoms with Gasteiger partial charge in [-0.15, -0.1) is 0 Å². The van der Waals surface area contributed by atoms with Crippen LogP contribution in [-0.2, 0) is 13.1 Å². The molecule has 3 nitrogen and oxygen atoms in total. The van der Waals surface area contributed by atoms with Gasteiger partial charge < -0.3 is 5.32 Å². The molecule has 0 spiro atoms. The third-order valence-corrected chi connectivity index (χ3v) is 5.11. The van der Waals surface area contributed by atoms with Crippen LogP contribution < -0.4 is 5.32 Å². The van der Waals surface area contributed by atoms with Gasteiger partial charge in [-0.1, -0.05) is 24.3 Å². The fourth-order valence-corrected chi connectivity index (χ4v) is 3.83. The van der Waals surface area contributed by atoms with E-state index in [1.807, 2.05) is 18.2 Å². The summed E-state index contributed by atoms with van der Waals surface area (Å²) >= 11 is 0. The predicted molar refractivity (Wildman–Crippen MR) is 91.3 cm³/mol. The van der Waals surface area contributed by atoms with E-state index in [1.165, 1.54) is 30.5 Å². The number of rotatable bonds is 3. The summed E-state index contributed by atoms with van der Waals surface area (Å²) in [5.74, 6) is 0.356. The van der Waals surface area contributed by atoms with Crippen molar-refractivity contribution in [3.63, 3.8) is 0 Å². The molecule has 2 aliphatic rings. The van der Waals surface area contributed by atoms with Crippen molar-refractivity contribution in [2.75, 3.05) is 13.1 Å². The van der Waals surface area contributed by atoms with Crippen molar-refractivity contribution in [1.82, 2.24) is 10.2 Å². The van der Waals surface area contributed by atoms with Crippen LogP contribution in [0, 0.1) is 5.82 Å². The number of benzene rings is 2. The van der Waals surface area contributed by atoms with Gasteiger partial charge in [0.2, 0.25) is 0 Å². The molecule has 1 saturated heterocycles. The molecule has 4 heteroatoms. The van der Waals surface area contributed by atoms with Crippen LogP contribution in [0.3, 0.4) is 0 Å². The number of hydrogen-bond donors (Lipinski definition) is 1. The molecule has 0 radical (unpaired) electrons. The zero-order chi connectivity index (χ0) is 16.5. The first kappa shape index (κ1) is 15.3. The Morgan fingerprint density at radius 1 is 1.17 bits per heavy atom. The molecule has 1 unspecified atom stereocenters. The van der Waals surface area contributed by atoms with Gasteiger partial charge >= 0.3 is 0 Å². The van der Waals surface area contributed by atoms with Crippen molar-refractivity contribution in [3.8, 4) is 0 Å². The second kappa shape index (κ2) is 6.36. The SMILES string of the molecule is O=C1NCc2cc(C3CCCN(Cc4ccc(F)cc4)C3)ccc21. The smallest absolute Gasteiger partial charge is 0.251 e. The Kier molecular flexibility index (Phi) is 4.07. The molecular weight excluding hydrogens is 303 g/mol. The second-order valence-corrected chi connectivity index (χ2v) is 6.80. The van der Waals surface area contributed by atoms with Gasteiger partial charge in [0.15, 0.2) is 0 Å². The van der Waals surface area contributed by atoms with Gasteiger partial charge in [0, 0.05) is 25.2 Å². The van der Waals surface area contributed by atoms with Gasteiger partial charge in [0.1, 0.15) is 5.82 Å². The number of nitrogens with one attached hydrogen (secondary N) is 1. The van der Waals surface area contributed by atoms with Gasteiger partial charge in [-0.2, -0.15) is 0 Å². The molecule has 2 aliphatic heterocycles. The summed E-state index contributed by atoms with van der Waals surface area (Å²) in [7, 11) is 0. The highest BCUT2D eigenvalue weighted by molar-refractivity contribution is 5.98. The van der Waals surface area contributed by atoms with Crippen LogP contribution in [0.25, 0.3) is 0 Å². The van der Waals surface area contributed by atoms with E-state index in [2.05, 4.69) is 22.3 Å². The number of fused-ring (bicyclic) bond motifs is 1. The van der Waals surface area contributed by atoms with Crippen molar-refractivity contribution >= 4 is 5.91 Å². The number of carbonyl (C=O) groups is 1. The Hall–Kier alpha value is -2.20. The summed E-state index contributed by atoms with van der Waals surface area (Å²) in [6, 6.07) is 13.1. The third kappa shape index (κ3) is 3.06. The van der Waals surface area contributed by atoms with Crippen molar-refractivity contribution in [2.24, 2.45) is 0 Å². The molecule has 2 heterocycles. The minimum absolute atomic E-state index is 0.0399. The number of piperidine rings is 1. The molecule has 1 N–H and O–H groups in total. The van der Waals surface area contributed by atoms with Crippen LogP contribution in [0.15, 0.2) is 42.5 Å². The van der Waals surface area contributed by atoms with Gasteiger partial charge in [0.25, 0.3) is 5.91 Å². The van der Waals surface area contributed by atoms with Crippen molar-refractivity contribution in [2.45, 2.75) is 31.8 Å². The fraction of sp³-hybridized carbons (Fsp3) is 0.350. The van der Waals surface area contributed by atoms with Crippen LogP contribution in [-0.4, -0.2) is 23.9 Å². The molecule has 1 atom stereocenters. The van der Waals surface area contributed by atoms with Crippen LogP contribution in [0.5, 0.6) is 0 Å². The molecule has 1 fully saturated rings. The van der Waals surface area contributed by atoms with Crippen LogP contribution in [0.1, 0.15) is 45.8 Å². The highest BCUT2D eigenvalue weighted by Crippen LogP contribution is 2.30. The molecule has 1 amide bonds.